The van der Waals surface area contributed by atoms with E-state index in [-0.39, 0.29) is 0 Å². The zero-order valence-corrected chi connectivity index (χ0v) is 32.7. The second-order valence-corrected chi connectivity index (χ2v) is 26.7. The molecule has 0 aliphatic rings. The van der Waals surface area contributed by atoms with Crippen LogP contribution in [0.5, 0.6) is 5.75 Å². The summed E-state index contributed by atoms with van der Waals surface area (Å²) in [6.07, 6.45) is 5.43. The second-order valence-electron chi connectivity index (χ2n) is 14.6. The van der Waals surface area contributed by atoms with Crippen LogP contribution >= 0.6 is 15.9 Å². The average Bonchev–Trinajstić information content (AvgIpc) is 3.57. The van der Waals surface area contributed by atoms with Gasteiger partial charge in [0.15, 0.2) is 0 Å². The van der Waals surface area contributed by atoms with E-state index in [1.54, 1.807) is 7.11 Å². The second kappa shape index (κ2) is 14.6. The van der Waals surface area contributed by atoms with Gasteiger partial charge in [0, 0.05) is 57.1 Å². The molecule has 0 saturated carbocycles. The molecule has 4 rings (SSSR count). The first-order valence-corrected chi connectivity index (χ1v) is 24.0. The smallest absolute Gasteiger partial charge is 0.330 e. The van der Waals surface area contributed by atoms with Crippen molar-refractivity contribution in [3.63, 3.8) is 0 Å². The molecule has 0 aliphatic heterocycles. The van der Waals surface area contributed by atoms with E-state index >= 15 is 0 Å². The Bertz CT molecular complexity index is 1720. The first-order valence-electron chi connectivity index (χ1n) is 15.8. The molecule has 2 heterocycles. The van der Waals surface area contributed by atoms with Crippen molar-refractivity contribution < 1.29 is 23.7 Å². The van der Waals surface area contributed by atoms with Crippen LogP contribution in [-0.2, 0) is 37.9 Å². The first kappa shape index (κ1) is 36.1. The summed E-state index contributed by atoms with van der Waals surface area (Å²) in [6, 6.07) is 12.4. The third-order valence-electron chi connectivity index (χ3n) is 8.31. The number of aromatic nitrogens is 3. The summed E-state index contributed by atoms with van der Waals surface area (Å²) >= 11 is 3.66. The molecule has 1 atom stereocenters. The molecule has 0 bridgehead atoms. The number of esters is 1. The van der Waals surface area contributed by atoms with Crippen LogP contribution in [0.3, 0.4) is 0 Å². The van der Waals surface area contributed by atoms with Gasteiger partial charge in [-0.15, -0.1) is 0 Å². The number of hydrogen-bond acceptors (Lipinski definition) is 6. The van der Waals surface area contributed by atoms with Crippen LogP contribution in [0.15, 0.2) is 53.2 Å². The SMILES string of the molecule is COC(=O)/C=C/C(C)(c1c(OC)cc(C)c2c1ccn2COCC[Si](C)(C)C)c1nc2ccc(Br)cc2n1COCC[Si](C)(C)C. The van der Waals surface area contributed by atoms with Crippen molar-refractivity contribution in [2.45, 2.75) is 84.1 Å². The van der Waals surface area contributed by atoms with Crippen molar-refractivity contribution in [1.82, 2.24) is 14.1 Å². The van der Waals surface area contributed by atoms with E-state index in [0.29, 0.717) is 25.8 Å². The molecule has 46 heavy (non-hydrogen) atoms. The van der Waals surface area contributed by atoms with Crippen LogP contribution in [0.25, 0.3) is 21.9 Å². The van der Waals surface area contributed by atoms with Gasteiger partial charge in [0.25, 0.3) is 0 Å². The molecule has 2 aromatic carbocycles. The van der Waals surface area contributed by atoms with Gasteiger partial charge >= 0.3 is 5.97 Å². The summed E-state index contributed by atoms with van der Waals surface area (Å²) < 4.78 is 28.9. The topological polar surface area (TPSA) is 76.7 Å². The zero-order chi connectivity index (χ0) is 33.9. The number of aryl methyl sites for hydroxylation is 1. The van der Waals surface area contributed by atoms with Gasteiger partial charge in [-0.1, -0.05) is 61.3 Å². The van der Waals surface area contributed by atoms with Crippen LogP contribution in [0, 0.1) is 6.92 Å². The molecule has 1 unspecified atom stereocenters. The summed E-state index contributed by atoms with van der Waals surface area (Å²) in [4.78, 5) is 17.8. The third kappa shape index (κ3) is 8.41. The molecule has 0 saturated heterocycles. The van der Waals surface area contributed by atoms with Crippen LogP contribution in [0.1, 0.15) is 23.9 Å². The minimum absolute atomic E-state index is 0.317. The monoisotopic (exact) mass is 727 g/mol. The van der Waals surface area contributed by atoms with Crippen molar-refractivity contribution in [1.29, 1.82) is 0 Å². The molecule has 4 aromatic rings. The molecule has 8 nitrogen and oxygen atoms in total. The fraction of sp³-hybridized carbons (Fsp3) is 0.486. The normalized spacial score (nSPS) is 14.0. The molecule has 11 heteroatoms. The van der Waals surface area contributed by atoms with E-state index in [1.807, 2.05) is 18.2 Å². The van der Waals surface area contributed by atoms with Crippen molar-refractivity contribution in [2.75, 3.05) is 27.4 Å². The lowest BCUT2D eigenvalue weighted by Gasteiger charge is -2.30. The summed E-state index contributed by atoms with van der Waals surface area (Å²) in [6.45, 7) is 20.4. The molecule has 250 valence electrons. The summed E-state index contributed by atoms with van der Waals surface area (Å²) in [5.41, 5.74) is 3.86. The van der Waals surface area contributed by atoms with E-state index in [1.165, 1.54) is 13.2 Å². The zero-order valence-electron chi connectivity index (χ0n) is 29.1. The molecular formula is C35H50BrN3O5Si2. The van der Waals surface area contributed by atoms with Gasteiger partial charge in [0.05, 0.1) is 36.2 Å². The number of fused-ring (bicyclic) bond motifs is 2. The van der Waals surface area contributed by atoms with Gasteiger partial charge in [-0.3, -0.25) is 0 Å². The predicted molar refractivity (Wildman–Crippen MR) is 196 cm³/mol. The lowest BCUT2D eigenvalue weighted by molar-refractivity contribution is -0.134. The minimum Gasteiger partial charge on any atom is -0.496 e. The third-order valence-corrected chi connectivity index (χ3v) is 12.2. The highest BCUT2D eigenvalue weighted by Gasteiger charge is 2.38. The van der Waals surface area contributed by atoms with Gasteiger partial charge in [0.1, 0.15) is 25.0 Å². The lowest BCUT2D eigenvalue weighted by Crippen LogP contribution is -2.28. The van der Waals surface area contributed by atoms with Crippen molar-refractivity contribution in [2.24, 2.45) is 0 Å². The van der Waals surface area contributed by atoms with Crippen LogP contribution < -0.4 is 4.74 Å². The number of carbonyl (C=O) groups is 1. The Morgan fingerprint density at radius 1 is 0.978 bits per heavy atom. The molecule has 0 spiro atoms. The number of allylic oxidation sites excluding steroid dienone is 1. The maximum absolute atomic E-state index is 12.6. The van der Waals surface area contributed by atoms with E-state index < -0.39 is 27.5 Å². The highest BCUT2D eigenvalue weighted by atomic mass is 79.9. The molecule has 0 N–H and O–H groups in total. The van der Waals surface area contributed by atoms with Crippen molar-refractivity contribution in [3.8, 4) is 5.75 Å². The average molecular weight is 729 g/mol. The molecule has 2 aromatic heterocycles. The van der Waals surface area contributed by atoms with E-state index in [2.05, 4.69) is 103 Å². The fourth-order valence-electron chi connectivity index (χ4n) is 5.66. The van der Waals surface area contributed by atoms with Gasteiger partial charge in [-0.05, 0) is 61.8 Å². The molecule has 0 aliphatic carbocycles. The Morgan fingerprint density at radius 2 is 1.63 bits per heavy atom. The molecule has 0 amide bonds. The van der Waals surface area contributed by atoms with Crippen LogP contribution in [-0.4, -0.2) is 63.7 Å². The maximum Gasteiger partial charge on any atom is 0.330 e. The summed E-state index contributed by atoms with van der Waals surface area (Å²) in [5, 5.41) is 1.00. The Morgan fingerprint density at radius 3 is 2.24 bits per heavy atom. The summed E-state index contributed by atoms with van der Waals surface area (Å²) in [7, 11) is 0.570. The Balaban J connectivity index is 1.93. The number of carbonyl (C=O) groups excluding carboxylic acids is 1. The van der Waals surface area contributed by atoms with Gasteiger partial charge in [0.2, 0.25) is 0 Å². The van der Waals surface area contributed by atoms with E-state index in [4.69, 9.17) is 23.9 Å². The number of hydrogen-bond donors (Lipinski definition) is 0. The standard InChI is InChI=1S/C35H50BrN3O5Si2/c1-25-21-30(41-3)32(27-14-16-38(33(25)27)23-43-17-19-45(5,6)7)35(2,15-13-31(40)42-4)34-37-28-12-11-26(36)22-29(28)39(34)24-44-18-20-46(8,9)10/h11-16,21-22H,17-20,23-24H2,1-10H3/b15-13+. The van der Waals surface area contributed by atoms with Crippen molar-refractivity contribution >= 4 is 60.0 Å². The number of rotatable bonds is 15. The number of halogens is 1. The number of nitrogens with zero attached hydrogens (tertiary/aromatic N) is 3. The summed E-state index contributed by atoms with van der Waals surface area (Å²) in [5.74, 6) is 0.994. The van der Waals surface area contributed by atoms with Gasteiger partial charge in [-0.25, -0.2) is 9.78 Å². The molecular weight excluding hydrogens is 678 g/mol. The molecule has 0 fully saturated rings. The van der Waals surface area contributed by atoms with E-state index in [0.717, 1.165) is 62.1 Å². The fourth-order valence-corrected chi connectivity index (χ4v) is 7.52. The first-order chi connectivity index (χ1) is 21.6. The Kier molecular flexibility index (Phi) is 11.5. The van der Waals surface area contributed by atoms with Gasteiger partial charge < -0.3 is 28.1 Å². The maximum atomic E-state index is 12.6. The van der Waals surface area contributed by atoms with E-state index in [9.17, 15) is 4.79 Å². The minimum atomic E-state index is -1.29. The quantitative estimate of drug-likeness (QED) is 0.0528. The number of benzene rings is 2. The predicted octanol–water partition coefficient (Wildman–Crippen LogP) is 8.73. The number of methoxy groups -OCH3 is 2. The highest BCUT2D eigenvalue weighted by molar-refractivity contribution is 9.10. The van der Waals surface area contributed by atoms with Crippen LogP contribution in [0.4, 0.5) is 0 Å². The largest absolute Gasteiger partial charge is 0.496 e. The van der Waals surface area contributed by atoms with Crippen LogP contribution in [0.2, 0.25) is 51.4 Å². The molecule has 0 radical (unpaired) electrons. The Hall–Kier alpha value is -2.71. The van der Waals surface area contributed by atoms with Crippen molar-refractivity contribution in [3.05, 3.63) is 70.1 Å². The number of ether oxygens (including phenoxy) is 4. The highest BCUT2D eigenvalue weighted by Crippen LogP contribution is 2.45. The lowest BCUT2D eigenvalue weighted by atomic mass is 9.78. The number of imidazole rings is 1. The Labute approximate surface area is 284 Å². The van der Waals surface area contributed by atoms with Gasteiger partial charge in [-0.2, -0.15) is 0 Å².